The van der Waals surface area contributed by atoms with Crippen molar-refractivity contribution in [1.82, 2.24) is 10.2 Å². The van der Waals surface area contributed by atoms with Gasteiger partial charge in [0.2, 0.25) is 11.8 Å². The third-order valence-corrected chi connectivity index (χ3v) is 7.63. The van der Waals surface area contributed by atoms with E-state index in [2.05, 4.69) is 17.4 Å². The number of ether oxygens (including phenoxy) is 1. The van der Waals surface area contributed by atoms with E-state index in [0.717, 1.165) is 63.7 Å². The summed E-state index contributed by atoms with van der Waals surface area (Å²) in [4.78, 5) is 28.1. The van der Waals surface area contributed by atoms with Crippen molar-refractivity contribution in [3.63, 3.8) is 0 Å². The van der Waals surface area contributed by atoms with Crippen molar-refractivity contribution in [2.24, 2.45) is 5.92 Å². The number of hydrogen-bond acceptors (Lipinski definition) is 3. The first kappa shape index (κ1) is 21.2. The van der Waals surface area contributed by atoms with E-state index >= 15 is 0 Å². The average molecular weight is 413 g/mol. The Hall–Kier alpha value is -2.04. The van der Waals surface area contributed by atoms with Gasteiger partial charge in [-0.3, -0.25) is 9.59 Å². The molecule has 2 aliphatic carbocycles. The molecule has 0 spiro atoms. The molecule has 164 valence electrons. The van der Waals surface area contributed by atoms with E-state index in [-0.39, 0.29) is 29.2 Å². The zero-order chi connectivity index (χ0) is 21.0. The highest BCUT2D eigenvalue weighted by molar-refractivity contribution is 5.89. The standard InChI is InChI=1S/C25H36N2O3/c1-30-22-14-6-5-12-20(22)25(15-7-8-16-25)18-26-23(28)21-13-9-17-27(21)24(29)19-10-3-2-4-11-19/h5-6,12,14,19,21H,2-4,7-11,13,15-18H2,1H3,(H,26,28)/t21-/m1/s1. The van der Waals surface area contributed by atoms with Gasteiger partial charge in [-0.1, -0.05) is 50.3 Å². The van der Waals surface area contributed by atoms with Crippen LogP contribution in [0.5, 0.6) is 5.75 Å². The Bertz CT molecular complexity index is 751. The van der Waals surface area contributed by atoms with Crippen molar-refractivity contribution in [1.29, 1.82) is 0 Å². The summed E-state index contributed by atoms with van der Waals surface area (Å²) in [5.41, 5.74) is 1.13. The van der Waals surface area contributed by atoms with E-state index in [0.29, 0.717) is 6.54 Å². The lowest BCUT2D eigenvalue weighted by Gasteiger charge is -2.33. The van der Waals surface area contributed by atoms with Crippen LogP contribution in [-0.4, -0.2) is 43.0 Å². The normalized spacial score (nSPS) is 24.0. The van der Waals surface area contributed by atoms with Gasteiger partial charge in [0.15, 0.2) is 0 Å². The van der Waals surface area contributed by atoms with Gasteiger partial charge in [0, 0.05) is 30.0 Å². The van der Waals surface area contributed by atoms with E-state index < -0.39 is 0 Å². The maximum absolute atomic E-state index is 13.2. The van der Waals surface area contributed by atoms with Crippen molar-refractivity contribution in [3.8, 4) is 5.75 Å². The van der Waals surface area contributed by atoms with Crippen molar-refractivity contribution in [2.45, 2.75) is 82.1 Å². The number of amides is 2. The molecule has 2 saturated carbocycles. The highest BCUT2D eigenvalue weighted by atomic mass is 16.5. The summed E-state index contributed by atoms with van der Waals surface area (Å²) in [6.45, 7) is 1.35. The zero-order valence-electron chi connectivity index (χ0n) is 18.3. The summed E-state index contributed by atoms with van der Waals surface area (Å²) < 4.78 is 5.64. The Morgan fingerprint density at radius 2 is 1.77 bits per heavy atom. The Morgan fingerprint density at radius 1 is 1.03 bits per heavy atom. The molecule has 1 saturated heterocycles. The van der Waals surface area contributed by atoms with Crippen LogP contribution in [0.25, 0.3) is 0 Å². The molecule has 1 N–H and O–H groups in total. The zero-order valence-corrected chi connectivity index (χ0v) is 18.3. The average Bonchev–Trinajstić information content (AvgIpc) is 3.48. The van der Waals surface area contributed by atoms with Crippen LogP contribution in [-0.2, 0) is 15.0 Å². The first-order valence-electron chi connectivity index (χ1n) is 11.9. The molecule has 1 aromatic rings. The Labute approximate surface area is 180 Å². The number of methoxy groups -OCH3 is 1. The third-order valence-electron chi connectivity index (χ3n) is 7.63. The molecule has 5 heteroatoms. The SMILES string of the molecule is COc1ccccc1C1(CNC(=O)[C@H]2CCCN2C(=O)C2CCCCC2)CCCC1. The van der Waals surface area contributed by atoms with Crippen molar-refractivity contribution in [3.05, 3.63) is 29.8 Å². The summed E-state index contributed by atoms with van der Waals surface area (Å²) in [7, 11) is 1.72. The maximum Gasteiger partial charge on any atom is 0.242 e. The Morgan fingerprint density at radius 3 is 2.50 bits per heavy atom. The highest BCUT2D eigenvalue weighted by Crippen LogP contribution is 2.44. The summed E-state index contributed by atoms with van der Waals surface area (Å²) in [6, 6.07) is 7.91. The molecular weight excluding hydrogens is 376 g/mol. The molecule has 3 fully saturated rings. The quantitative estimate of drug-likeness (QED) is 0.762. The fourth-order valence-corrected chi connectivity index (χ4v) is 5.94. The summed E-state index contributed by atoms with van der Waals surface area (Å²) >= 11 is 0. The summed E-state index contributed by atoms with van der Waals surface area (Å²) in [6.07, 6.45) is 11.7. The van der Waals surface area contributed by atoms with Gasteiger partial charge in [-0.25, -0.2) is 0 Å². The van der Waals surface area contributed by atoms with Crippen LogP contribution in [0.2, 0.25) is 0 Å². The topological polar surface area (TPSA) is 58.6 Å². The summed E-state index contributed by atoms with van der Waals surface area (Å²) in [5, 5.41) is 3.26. The number of carbonyl (C=O) groups is 2. The largest absolute Gasteiger partial charge is 0.496 e. The number of nitrogens with one attached hydrogen (secondary N) is 1. The number of rotatable bonds is 6. The van der Waals surface area contributed by atoms with E-state index in [1.165, 1.54) is 24.8 Å². The van der Waals surface area contributed by atoms with E-state index in [9.17, 15) is 9.59 Å². The van der Waals surface area contributed by atoms with Crippen LogP contribution in [0.4, 0.5) is 0 Å². The first-order chi connectivity index (χ1) is 14.6. The number of likely N-dealkylation sites (tertiary alicyclic amines) is 1. The lowest BCUT2D eigenvalue weighted by atomic mass is 9.78. The molecule has 5 nitrogen and oxygen atoms in total. The second-order valence-corrected chi connectivity index (χ2v) is 9.43. The monoisotopic (exact) mass is 412 g/mol. The molecular formula is C25H36N2O3. The molecule has 1 aromatic carbocycles. The number of para-hydroxylation sites is 1. The minimum absolute atomic E-state index is 0.0258. The second-order valence-electron chi connectivity index (χ2n) is 9.43. The van der Waals surface area contributed by atoms with Crippen LogP contribution in [0.15, 0.2) is 24.3 Å². The Kier molecular flexibility index (Phi) is 6.64. The van der Waals surface area contributed by atoms with E-state index in [1.54, 1.807) is 7.11 Å². The van der Waals surface area contributed by atoms with Gasteiger partial charge >= 0.3 is 0 Å². The van der Waals surface area contributed by atoms with E-state index in [1.807, 2.05) is 17.0 Å². The van der Waals surface area contributed by atoms with Gasteiger partial charge in [-0.2, -0.15) is 0 Å². The predicted molar refractivity (Wildman–Crippen MR) is 117 cm³/mol. The van der Waals surface area contributed by atoms with Gasteiger partial charge in [0.1, 0.15) is 11.8 Å². The maximum atomic E-state index is 13.2. The van der Waals surface area contributed by atoms with E-state index in [4.69, 9.17) is 4.74 Å². The molecule has 1 atom stereocenters. The Balaban J connectivity index is 1.44. The molecule has 1 heterocycles. The predicted octanol–water partition coefficient (Wildman–Crippen LogP) is 4.19. The molecule has 0 radical (unpaired) electrons. The lowest BCUT2D eigenvalue weighted by molar-refractivity contribution is -0.142. The number of benzene rings is 1. The lowest BCUT2D eigenvalue weighted by Crippen LogP contribution is -2.50. The van der Waals surface area contributed by atoms with Gasteiger partial charge < -0.3 is 15.0 Å². The summed E-state index contributed by atoms with van der Waals surface area (Å²) in [5.74, 6) is 1.27. The molecule has 30 heavy (non-hydrogen) atoms. The van der Waals surface area contributed by atoms with Gasteiger partial charge in [0.05, 0.1) is 7.11 Å². The molecule has 3 aliphatic rings. The fourth-order valence-electron chi connectivity index (χ4n) is 5.94. The van der Waals surface area contributed by atoms with Crippen molar-refractivity contribution >= 4 is 11.8 Å². The highest BCUT2D eigenvalue weighted by Gasteiger charge is 2.41. The molecule has 0 aromatic heterocycles. The molecule has 2 amide bonds. The van der Waals surface area contributed by atoms with Gasteiger partial charge in [0.25, 0.3) is 0 Å². The number of hydrogen-bond donors (Lipinski definition) is 1. The molecule has 1 aliphatic heterocycles. The van der Waals surface area contributed by atoms with Crippen LogP contribution < -0.4 is 10.1 Å². The molecule has 0 bridgehead atoms. The second kappa shape index (κ2) is 9.40. The number of carbonyl (C=O) groups excluding carboxylic acids is 2. The minimum Gasteiger partial charge on any atom is -0.496 e. The third kappa shape index (κ3) is 4.21. The molecule has 4 rings (SSSR count). The van der Waals surface area contributed by atoms with Crippen LogP contribution in [0.3, 0.4) is 0 Å². The van der Waals surface area contributed by atoms with Crippen LogP contribution in [0.1, 0.15) is 76.2 Å². The van der Waals surface area contributed by atoms with Crippen molar-refractivity contribution < 1.29 is 14.3 Å². The number of nitrogens with zero attached hydrogens (tertiary/aromatic N) is 1. The van der Waals surface area contributed by atoms with Crippen LogP contribution >= 0.6 is 0 Å². The van der Waals surface area contributed by atoms with Crippen LogP contribution in [0, 0.1) is 5.92 Å². The smallest absolute Gasteiger partial charge is 0.242 e. The van der Waals surface area contributed by atoms with Gasteiger partial charge in [-0.15, -0.1) is 0 Å². The molecule has 0 unspecified atom stereocenters. The minimum atomic E-state index is -0.296. The van der Waals surface area contributed by atoms with Crippen molar-refractivity contribution in [2.75, 3.05) is 20.2 Å². The van der Waals surface area contributed by atoms with Gasteiger partial charge in [-0.05, 0) is 44.6 Å². The fraction of sp³-hybridized carbons (Fsp3) is 0.680. The first-order valence-corrected chi connectivity index (χ1v) is 11.9.